The lowest BCUT2D eigenvalue weighted by molar-refractivity contribution is 0.414. The van der Waals surface area contributed by atoms with Crippen LogP contribution in [0.1, 0.15) is 11.1 Å². The molecular formula is C19H18O2. The largest absolute Gasteiger partial charge is 0.497 e. The standard InChI is InChI=1S/C19H18O2/c1-20-17-8-6-14(7-9-17)12-15-4-3-5-16-13-18(21-2)10-11-19(15)16/h3-11,13H,12H2,1-2H3. The van der Waals surface area contributed by atoms with Gasteiger partial charge < -0.3 is 9.47 Å². The van der Waals surface area contributed by atoms with Crippen molar-refractivity contribution in [2.75, 3.05) is 14.2 Å². The van der Waals surface area contributed by atoms with Gasteiger partial charge in [0, 0.05) is 0 Å². The van der Waals surface area contributed by atoms with Crippen LogP contribution in [-0.2, 0) is 6.42 Å². The molecule has 3 aromatic rings. The van der Waals surface area contributed by atoms with Gasteiger partial charge in [-0.05, 0) is 52.6 Å². The number of benzene rings is 3. The van der Waals surface area contributed by atoms with Crippen LogP contribution in [0.3, 0.4) is 0 Å². The zero-order valence-electron chi connectivity index (χ0n) is 12.3. The van der Waals surface area contributed by atoms with E-state index in [1.807, 2.05) is 18.2 Å². The molecule has 0 saturated heterocycles. The number of methoxy groups -OCH3 is 2. The van der Waals surface area contributed by atoms with E-state index in [1.54, 1.807) is 14.2 Å². The third kappa shape index (κ3) is 2.84. The molecule has 0 atom stereocenters. The van der Waals surface area contributed by atoms with Gasteiger partial charge >= 0.3 is 0 Å². The Hall–Kier alpha value is -2.48. The topological polar surface area (TPSA) is 18.5 Å². The van der Waals surface area contributed by atoms with Crippen LogP contribution in [-0.4, -0.2) is 14.2 Å². The minimum Gasteiger partial charge on any atom is -0.497 e. The number of hydrogen-bond acceptors (Lipinski definition) is 2. The van der Waals surface area contributed by atoms with Crippen molar-refractivity contribution in [3.8, 4) is 11.5 Å². The molecule has 0 aliphatic rings. The summed E-state index contributed by atoms with van der Waals surface area (Å²) in [5, 5.41) is 2.48. The van der Waals surface area contributed by atoms with Crippen LogP contribution in [0.25, 0.3) is 10.8 Å². The fourth-order valence-electron chi connectivity index (χ4n) is 2.57. The maximum Gasteiger partial charge on any atom is 0.119 e. The molecule has 0 aliphatic carbocycles. The summed E-state index contributed by atoms with van der Waals surface area (Å²) in [6.07, 6.45) is 0.910. The second kappa shape index (κ2) is 5.88. The van der Waals surface area contributed by atoms with E-state index in [4.69, 9.17) is 9.47 Å². The molecule has 3 rings (SSSR count). The molecule has 0 aromatic heterocycles. The highest BCUT2D eigenvalue weighted by atomic mass is 16.5. The van der Waals surface area contributed by atoms with Gasteiger partial charge in [0.25, 0.3) is 0 Å². The van der Waals surface area contributed by atoms with Crippen molar-refractivity contribution >= 4 is 10.8 Å². The highest BCUT2D eigenvalue weighted by molar-refractivity contribution is 5.87. The first-order valence-corrected chi connectivity index (χ1v) is 6.99. The lowest BCUT2D eigenvalue weighted by Gasteiger charge is -2.09. The van der Waals surface area contributed by atoms with Crippen molar-refractivity contribution in [1.29, 1.82) is 0 Å². The summed E-state index contributed by atoms with van der Waals surface area (Å²) in [5.41, 5.74) is 2.60. The van der Waals surface area contributed by atoms with Crippen LogP contribution in [0, 0.1) is 0 Å². The van der Waals surface area contributed by atoms with Gasteiger partial charge in [-0.15, -0.1) is 0 Å². The van der Waals surface area contributed by atoms with Crippen LogP contribution in [0.15, 0.2) is 60.7 Å². The monoisotopic (exact) mass is 278 g/mol. The molecule has 0 heterocycles. The summed E-state index contributed by atoms with van der Waals surface area (Å²) in [6, 6.07) is 20.9. The molecule has 0 unspecified atom stereocenters. The van der Waals surface area contributed by atoms with Gasteiger partial charge in [-0.25, -0.2) is 0 Å². The van der Waals surface area contributed by atoms with E-state index in [2.05, 4.69) is 42.5 Å². The highest BCUT2D eigenvalue weighted by Crippen LogP contribution is 2.25. The van der Waals surface area contributed by atoms with Crippen LogP contribution in [0.5, 0.6) is 11.5 Å². The molecule has 21 heavy (non-hydrogen) atoms. The molecule has 3 aromatic carbocycles. The minimum absolute atomic E-state index is 0.890. The molecule has 0 fully saturated rings. The zero-order chi connectivity index (χ0) is 14.7. The summed E-state index contributed by atoms with van der Waals surface area (Å²) in [6.45, 7) is 0. The van der Waals surface area contributed by atoms with E-state index in [1.165, 1.54) is 21.9 Å². The first-order chi connectivity index (χ1) is 10.3. The van der Waals surface area contributed by atoms with E-state index in [9.17, 15) is 0 Å². The highest BCUT2D eigenvalue weighted by Gasteiger charge is 2.04. The molecule has 0 saturated carbocycles. The number of ether oxygens (including phenoxy) is 2. The maximum atomic E-state index is 5.29. The predicted molar refractivity (Wildman–Crippen MR) is 86.3 cm³/mol. The van der Waals surface area contributed by atoms with E-state index in [0.29, 0.717) is 0 Å². The van der Waals surface area contributed by atoms with Crippen LogP contribution < -0.4 is 9.47 Å². The van der Waals surface area contributed by atoms with E-state index < -0.39 is 0 Å². The van der Waals surface area contributed by atoms with Crippen molar-refractivity contribution < 1.29 is 9.47 Å². The molecule has 0 bridgehead atoms. The minimum atomic E-state index is 0.890. The Labute approximate surface area is 124 Å². The molecule has 2 heteroatoms. The first-order valence-electron chi connectivity index (χ1n) is 6.99. The van der Waals surface area contributed by atoms with Gasteiger partial charge in [0.2, 0.25) is 0 Å². The maximum absolute atomic E-state index is 5.29. The molecule has 0 N–H and O–H groups in total. The van der Waals surface area contributed by atoms with Gasteiger partial charge in [-0.1, -0.05) is 36.4 Å². The quantitative estimate of drug-likeness (QED) is 0.702. The van der Waals surface area contributed by atoms with E-state index >= 15 is 0 Å². The molecule has 0 aliphatic heterocycles. The van der Waals surface area contributed by atoms with Crippen LogP contribution in [0.2, 0.25) is 0 Å². The molecular weight excluding hydrogens is 260 g/mol. The van der Waals surface area contributed by atoms with Crippen molar-refractivity contribution in [2.45, 2.75) is 6.42 Å². The van der Waals surface area contributed by atoms with Gasteiger partial charge in [-0.2, -0.15) is 0 Å². The summed E-state index contributed by atoms with van der Waals surface area (Å²) >= 11 is 0. The van der Waals surface area contributed by atoms with Crippen LogP contribution >= 0.6 is 0 Å². The fraction of sp³-hybridized carbons (Fsp3) is 0.158. The van der Waals surface area contributed by atoms with Gasteiger partial charge in [-0.3, -0.25) is 0 Å². The normalized spacial score (nSPS) is 10.6. The Bertz CT molecular complexity index is 745. The smallest absolute Gasteiger partial charge is 0.119 e. The van der Waals surface area contributed by atoms with Gasteiger partial charge in [0.15, 0.2) is 0 Å². The van der Waals surface area contributed by atoms with Crippen LogP contribution in [0.4, 0.5) is 0 Å². The third-order valence-corrected chi connectivity index (χ3v) is 3.73. The van der Waals surface area contributed by atoms with Crippen molar-refractivity contribution in [3.05, 3.63) is 71.8 Å². The van der Waals surface area contributed by atoms with Crippen molar-refractivity contribution in [2.24, 2.45) is 0 Å². The predicted octanol–water partition coefficient (Wildman–Crippen LogP) is 4.45. The molecule has 0 spiro atoms. The van der Waals surface area contributed by atoms with Gasteiger partial charge in [0.1, 0.15) is 11.5 Å². The molecule has 2 nitrogen and oxygen atoms in total. The molecule has 0 radical (unpaired) electrons. The molecule has 0 amide bonds. The number of fused-ring (bicyclic) bond motifs is 1. The summed E-state index contributed by atoms with van der Waals surface area (Å²) in [7, 11) is 3.38. The van der Waals surface area contributed by atoms with Crippen molar-refractivity contribution in [3.63, 3.8) is 0 Å². The fourth-order valence-corrected chi connectivity index (χ4v) is 2.57. The Morgan fingerprint density at radius 2 is 1.48 bits per heavy atom. The third-order valence-electron chi connectivity index (χ3n) is 3.73. The summed E-state index contributed by atoms with van der Waals surface area (Å²) < 4.78 is 10.5. The number of rotatable bonds is 4. The van der Waals surface area contributed by atoms with E-state index in [0.717, 1.165) is 17.9 Å². The summed E-state index contributed by atoms with van der Waals surface area (Å²) in [4.78, 5) is 0. The average molecular weight is 278 g/mol. The Morgan fingerprint density at radius 3 is 2.19 bits per heavy atom. The van der Waals surface area contributed by atoms with Gasteiger partial charge in [0.05, 0.1) is 14.2 Å². The molecule has 106 valence electrons. The Balaban J connectivity index is 1.95. The Morgan fingerprint density at radius 1 is 0.762 bits per heavy atom. The SMILES string of the molecule is COc1ccc(Cc2cccc3cc(OC)ccc23)cc1. The Kier molecular flexibility index (Phi) is 3.78. The van der Waals surface area contributed by atoms with Crippen molar-refractivity contribution in [1.82, 2.24) is 0 Å². The van der Waals surface area contributed by atoms with E-state index in [-0.39, 0.29) is 0 Å². The lowest BCUT2D eigenvalue weighted by Crippen LogP contribution is -1.91. The first kappa shape index (κ1) is 13.5. The second-order valence-corrected chi connectivity index (χ2v) is 5.03. The number of hydrogen-bond donors (Lipinski definition) is 0. The zero-order valence-corrected chi connectivity index (χ0v) is 12.3. The summed E-state index contributed by atoms with van der Waals surface area (Å²) in [5.74, 6) is 1.78. The second-order valence-electron chi connectivity index (χ2n) is 5.03. The lowest BCUT2D eigenvalue weighted by atomic mass is 9.98. The average Bonchev–Trinajstić information content (AvgIpc) is 2.55.